The average molecular weight is 421 g/mol. The zero-order valence-electron chi connectivity index (χ0n) is 12.1. The Bertz CT molecular complexity index is 931. The molecule has 0 aliphatic heterocycles. The summed E-state index contributed by atoms with van der Waals surface area (Å²) >= 11 is 2.17. The van der Waals surface area contributed by atoms with E-state index in [0.29, 0.717) is 22.4 Å². The molecule has 0 fully saturated rings. The Labute approximate surface area is 145 Å². The number of benzene rings is 2. The molecule has 1 amide bonds. The Kier molecular flexibility index (Phi) is 4.33. The van der Waals surface area contributed by atoms with Crippen molar-refractivity contribution in [3.8, 4) is 5.75 Å². The van der Waals surface area contributed by atoms with Gasteiger partial charge in [-0.3, -0.25) is 4.79 Å². The van der Waals surface area contributed by atoms with Crippen LogP contribution in [0.3, 0.4) is 0 Å². The first-order chi connectivity index (χ1) is 11.1. The van der Waals surface area contributed by atoms with Gasteiger partial charge in [0, 0.05) is 20.7 Å². The molecule has 116 valence electrons. The van der Waals surface area contributed by atoms with Crippen LogP contribution in [-0.2, 0) is 0 Å². The first-order valence-electron chi connectivity index (χ1n) is 6.75. The summed E-state index contributed by atoms with van der Waals surface area (Å²) in [4.78, 5) is 24.3. The normalized spacial score (nSPS) is 10.5. The van der Waals surface area contributed by atoms with Crippen LogP contribution in [0.15, 0.2) is 57.7 Å². The van der Waals surface area contributed by atoms with Crippen LogP contribution in [0.25, 0.3) is 11.0 Å². The van der Waals surface area contributed by atoms with Gasteiger partial charge in [-0.05, 0) is 65.1 Å². The lowest BCUT2D eigenvalue weighted by atomic mass is 10.1. The van der Waals surface area contributed by atoms with Crippen LogP contribution in [0.1, 0.15) is 10.4 Å². The molecule has 6 heteroatoms. The molecule has 3 rings (SSSR count). The molecule has 1 aromatic heterocycles. The molecular weight excluding hydrogens is 409 g/mol. The van der Waals surface area contributed by atoms with Crippen molar-refractivity contribution in [2.24, 2.45) is 0 Å². The SMILES string of the molecule is COc1ccc2cc(C(=O)Nc3ccc(I)cc3)c(=O)oc2c1. The lowest BCUT2D eigenvalue weighted by Crippen LogP contribution is -2.20. The zero-order chi connectivity index (χ0) is 16.4. The molecular formula is C17H12INO4. The molecule has 0 aliphatic rings. The van der Waals surface area contributed by atoms with Crippen LogP contribution in [0, 0.1) is 3.57 Å². The molecule has 0 unspecified atom stereocenters. The van der Waals surface area contributed by atoms with Crippen LogP contribution in [0.2, 0.25) is 0 Å². The topological polar surface area (TPSA) is 68.5 Å². The number of hydrogen-bond acceptors (Lipinski definition) is 4. The first-order valence-corrected chi connectivity index (χ1v) is 7.83. The Morgan fingerprint density at radius 1 is 1.13 bits per heavy atom. The summed E-state index contributed by atoms with van der Waals surface area (Å²) < 4.78 is 11.4. The van der Waals surface area contributed by atoms with Crippen LogP contribution in [-0.4, -0.2) is 13.0 Å². The second-order valence-corrected chi connectivity index (χ2v) is 6.06. The van der Waals surface area contributed by atoms with Crippen LogP contribution < -0.4 is 15.7 Å². The third-order valence-electron chi connectivity index (χ3n) is 3.29. The highest BCUT2D eigenvalue weighted by molar-refractivity contribution is 14.1. The first kappa shape index (κ1) is 15.5. The van der Waals surface area contributed by atoms with E-state index in [9.17, 15) is 9.59 Å². The van der Waals surface area contributed by atoms with E-state index in [-0.39, 0.29) is 5.56 Å². The number of carbonyl (C=O) groups is 1. The zero-order valence-corrected chi connectivity index (χ0v) is 14.3. The smallest absolute Gasteiger partial charge is 0.349 e. The molecule has 0 saturated heterocycles. The van der Waals surface area contributed by atoms with E-state index < -0.39 is 11.5 Å². The van der Waals surface area contributed by atoms with Gasteiger partial charge in [-0.1, -0.05) is 0 Å². The second-order valence-electron chi connectivity index (χ2n) is 4.81. The van der Waals surface area contributed by atoms with Crippen molar-refractivity contribution < 1.29 is 13.9 Å². The van der Waals surface area contributed by atoms with Crippen molar-refractivity contribution >= 4 is 45.2 Å². The minimum Gasteiger partial charge on any atom is -0.497 e. The van der Waals surface area contributed by atoms with Crippen molar-refractivity contribution in [3.63, 3.8) is 0 Å². The predicted octanol–water partition coefficient (Wildman–Crippen LogP) is 3.66. The minimum absolute atomic E-state index is 0.0405. The Hall–Kier alpha value is -2.35. The van der Waals surface area contributed by atoms with Gasteiger partial charge in [-0.2, -0.15) is 0 Å². The summed E-state index contributed by atoms with van der Waals surface area (Å²) in [6, 6.07) is 13.9. The molecule has 0 aliphatic carbocycles. The Morgan fingerprint density at radius 2 is 1.87 bits per heavy atom. The molecule has 0 atom stereocenters. The standard InChI is InChI=1S/C17H12INO4/c1-22-13-7-2-10-8-14(17(21)23-15(10)9-13)16(20)19-12-5-3-11(18)4-6-12/h2-9H,1H3,(H,19,20). The summed E-state index contributed by atoms with van der Waals surface area (Å²) in [5, 5.41) is 3.34. The average Bonchev–Trinajstić information content (AvgIpc) is 2.55. The number of hydrogen-bond donors (Lipinski definition) is 1. The van der Waals surface area contributed by atoms with E-state index >= 15 is 0 Å². The van der Waals surface area contributed by atoms with E-state index in [2.05, 4.69) is 27.9 Å². The quantitative estimate of drug-likeness (QED) is 0.518. The lowest BCUT2D eigenvalue weighted by Gasteiger charge is -2.06. The predicted molar refractivity (Wildman–Crippen MR) is 96.1 cm³/mol. The van der Waals surface area contributed by atoms with Gasteiger partial charge in [0.2, 0.25) is 0 Å². The van der Waals surface area contributed by atoms with Gasteiger partial charge < -0.3 is 14.5 Å². The molecule has 0 spiro atoms. The monoisotopic (exact) mass is 421 g/mol. The number of methoxy groups -OCH3 is 1. The maximum Gasteiger partial charge on any atom is 0.349 e. The molecule has 5 nitrogen and oxygen atoms in total. The maximum absolute atomic E-state index is 12.3. The molecule has 23 heavy (non-hydrogen) atoms. The van der Waals surface area contributed by atoms with Crippen molar-refractivity contribution in [1.29, 1.82) is 0 Å². The third-order valence-corrected chi connectivity index (χ3v) is 4.01. The van der Waals surface area contributed by atoms with Gasteiger partial charge in [0.15, 0.2) is 0 Å². The summed E-state index contributed by atoms with van der Waals surface area (Å²) in [6.45, 7) is 0. The molecule has 0 bridgehead atoms. The molecule has 0 saturated carbocycles. The maximum atomic E-state index is 12.3. The minimum atomic E-state index is -0.686. The van der Waals surface area contributed by atoms with Crippen molar-refractivity contribution in [3.05, 3.63) is 68.1 Å². The van der Waals surface area contributed by atoms with Crippen LogP contribution >= 0.6 is 22.6 Å². The van der Waals surface area contributed by atoms with Gasteiger partial charge in [0.25, 0.3) is 5.91 Å². The van der Waals surface area contributed by atoms with Gasteiger partial charge in [0.05, 0.1) is 7.11 Å². The highest BCUT2D eigenvalue weighted by Crippen LogP contribution is 2.20. The summed E-state index contributed by atoms with van der Waals surface area (Å²) in [5.41, 5.74) is 0.264. The van der Waals surface area contributed by atoms with Gasteiger partial charge in [-0.25, -0.2) is 4.79 Å². The fourth-order valence-electron chi connectivity index (χ4n) is 2.11. The number of ether oxygens (including phenoxy) is 1. The number of fused-ring (bicyclic) bond motifs is 1. The second kappa shape index (κ2) is 6.41. The fourth-order valence-corrected chi connectivity index (χ4v) is 2.47. The van der Waals surface area contributed by atoms with Crippen LogP contribution in [0.4, 0.5) is 5.69 Å². The largest absolute Gasteiger partial charge is 0.497 e. The van der Waals surface area contributed by atoms with E-state index in [1.807, 2.05) is 12.1 Å². The Morgan fingerprint density at radius 3 is 2.57 bits per heavy atom. The number of rotatable bonds is 3. The number of nitrogens with one attached hydrogen (secondary N) is 1. The number of amides is 1. The molecule has 0 radical (unpaired) electrons. The Balaban J connectivity index is 1.95. The highest BCUT2D eigenvalue weighted by Gasteiger charge is 2.14. The van der Waals surface area contributed by atoms with E-state index in [1.54, 1.807) is 30.3 Å². The highest BCUT2D eigenvalue weighted by atomic mass is 127. The lowest BCUT2D eigenvalue weighted by molar-refractivity contribution is 0.102. The van der Waals surface area contributed by atoms with Gasteiger partial charge >= 0.3 is 5.63 Å². The van der Waals surface area contributed by atoms with Gasteiger partial charge in [0.1, 0.15) is 16.9 Å². The van der Waals surface area contributed by atoms with E-state index in [0.717, 1.165) is 3.57 Å². The van der Waals surface area contributed by atoms with E-state index in [4.69, 9.17) is 9.15 Å². The number of carbonyl (C=O) groups excluding carboxylic acids is 1. The summed E-state index contributed by atoms with van der Waals surface area (Å²) in [7, 11) is 1.53. The number of anilines is 1. The third kappa shape index (κ3) is 3.37. The molecule has 2 aromatic carbocycles. The van der Waals surface area contributed by atoms with E-state index in [1.165, 1.54) is 13.2 Å². The molecule has 3 aromatic rings. The van der Waals surface area contributed by atoms with Crippen molar-refractivity contribution in [2.75, 3.05) is 12.4 Å². The fraction of sp³-hybridized carbons (Fsp3) is 0.0588. The van der Waals surface area contributed by atoms with Gasteiger partial charge in [-0.15, -0.1) is 0 Å². The molecule has 1 N–H and O–H groups in total. The summed E-state index contributed by atoms with van der Waals surface area (Å²) in [5.74, 6) is 0.0782. The van der Waals surface area contributed by atoms with Crippen molar-refractivity contribution in [2.45, 2.75) is 0 Å². The summed E-state index contributed by atoms with van der Waals surface area (Å²) in [6.07, 6.45) is 0. The van der Waals surface area contributed by atoms with Crippen LogP contribution in [0.5, 0.6) is 5.75 Å². The van der Waals surface area contributed by atoms with Crippen molar-refractivity contribution in [1.82, 2.24) is 0 Å². The molecule has 1 heterocycles. The number of halogens is 1.